The summed E-state index contributed by atoms with van der Waals surface area (Å²) in [5.41, 5.74) is 5.39. The van der Waals surface area contributed by atoms with Crippen molar-refractivity contribution in [1.29, 1.82) is 0 Å². The van der Waals surface area contributed by atoms with Crippen LogP contribution in [0.3, 0.4) is 0 Å². The van der Waals surface area contributed by atoms with E-state index in [2.05, 4.69) is 42.1 Å². The summed E-state index contributed by atoms with van der Waals surface area (Å²) in [7, 11) is 0. The maximum atomic E-state index is 14.3. The molecule has 138 valence electrons. The van der Waals surface area contributed by atoms with E-state index < -0.39 is 0 Å². The number of ether oxygens (including phenoxy) is 1. The Hall–Kier alpha value is -1.40. The normalized spacial score (nSPS) is 17.6. The number of benzene rings is 1. The van der Waals surface area contributed by atoms with Gasteiger partial charge in [-0.25, -0.2) is 14.6 Å². The lowest BCUT2D eigenvalue weighted by atomic mass is 9.94. The van der Waals surface area contributed by atoms with Gasteiger partial charge in [0.15, 0.2) is 0 Å². The van der Waals surface area contributed by atoms with E-state index in [0.717, 1.165) is 18.7 Å². The van der Waals surface area contributed by atoms with Crippen LogP contribution in [0.15, 0.2) is 33.9 Å². The molecule has 1 aliphatic rings. The van der Waals surface area contributed by atoms with Crippen molar-refractivity contribution in [2.24, 2.45) is 5.92 Å². The topological polar surface area (TPSA) is 41.6 Å². The summed E-state index contributed by atoms with van der Waals surface area (Å²) < 4.78 is 20.3. The van der Waals surface area contributed by atoms with E-state index in [1.165, 1.54) is 6.07 Å². The number of halogens is 2. The van der Waals surface area contributed by atoms with Crippen LogP contribution in [0.1, 0.15) is 39.7 Å². The van der Waals surface area contributed by atoms with E-state index in [1.807, 2.05) is 11.1 Å². The van der Waals surface area contributed by atoms with Gasteiger partial charge in [0.2, 0.25) is 0 Å². The zero-order chi connectivity index (χ0) is 18.6. The predicted octanol–water partition coefficient (Wildman–Crippen LogP) is 4.20. The second-order valence-electron chi connectivity index (χ2n) is 6.50. The van der Waals surface area contributed by atoms with E-state index in [9.17, 15) is 9.18 Å². The average molecular weight is 413 g/mol. The highest BCUT2D eigenvalue weighted by atomic mass is 79.9. The minimum atomic E-state index is -0.320. The first-order valence-corrected chi connectivity index (χ1v) is 9.56. The fraction of sp³-hybridized carbons (Fsp3) is 0.526. The SMILES string of the molecule is CCCN1NC(C(C)C)C(C(=O)OCC)=C1Cc1ccc(Br)cc1F. The Morgan fingerprint density at radius 1 is 1.40 bits per heavy atom. The van der Waals surface area contributed by atoms with Crippen molar-refractivity contribution in [3.8, 4) is 0 Å². The number of esters is 1. The molecule has 25 heavy (non-hydrogen) atoms. The molecule has 0 saturated heterocycles. The maximum Gasteiger partial charge on any atom is 0.337 e. The number of rotatable bonds is 7. The summed E-state index contributed by atoms with van der Waals surface area (Å²) in [6, 6.07) is 4.89. The Bertz CT molecular complexity index is 661. The first-order chi connectivity index (χ1) is 11.9. The molecule has 1 aromatic rings. The van der Waals surface area contributed by atoms with Gasteiger partial charge in [-0.05, 0) is 37.0 Å². The maximum absolute atomic E-state index is 14.3. The third-order valence-corrected chi connectivity index (χ3v) is 4.72. The van der Waals surface area contributed by atoms with Crippen LogP contribution in [-0.4, -0.2) is 30.2 Å². The number of hydrogen-bond acceptors (Lipinski definition) is 4. The van der Waals surface area contributed by atoms with Crippen LogP contribution in [0.5, 0.6) is 0 Å². The molecular weight excluding hydrogens is 387 g/mol. The molecule has 0 radical (unpaired) electrons. The van der Waals surface area contributed by atoms with Crippen LogP contribution >= 0.6 is 15.9 Å². The lowest BCUT2D eigenvalue weighted by Crippen LogP contribution is -2.41. The van der Waals surface area contributed by atoms with E-state index in [1.54, 1.807) is 13.0 Å². The number of hydrogen-bond donors (Lipinski definition) is 1. The van der Waals surface area contributed by atoms with Crippen LogP contribution in [0.2, 0.25) is 0 Å². The summed E-state index contributed by atoms with van der Waals surface area (Å²) >= 11 is 3.28. The highest BCUT2D eigenvalue weighted by molar-refractivity contribution is 9.10. The third-order valence-electron chi connectivity index (χ3n) is 4.22. The van der Waals surface area contributed by atoms with Crippen molar-refractivity contribution >= 4 is 21.9 Å². The molecule has 1 aliphatic heterocycles. The predicted molar refractivity (Wildman–Crippen MR) is 100 cm³/mol. The number of hydrazine groups is 1. The van der Waals surface area contributed by atoms with Gasteiger partial charge in [0, 0.05) is 23.1 Å². The highest BCUT2D eigenvalue weighted by Crippen LogP contribution is 2.30. The van der Waals surface area contributed by atoms with Gasteiger partial charge in [-0.15, -0.1) is 0 Å². The Kier molecular flexibility index (Phi) is 7.02. The van der Waals surface area contributed by atoms with Gasteiger partial charge in [0.1, 0.15) is 5.82 Å². The Balaban J connectivity index is 2.46. The molecule has 1 aromatic carbocycles. The van der Waals surface area contributed by atoms with E-state index >= 15 is 0 Å². The molecule has 1 N–H and O–H groups in total. The number of carbonyl (C=O) groups excluding carboxylic acids is 1. The van der Waals surface area contributed by atoms with E-state index in [-0.39, 0.29) is 23.7 Å². The summed E-state index contributed by atoms with van der Waals surface area (Å²) in [5, 5.41) is 1.98. The number of carbonyl (C=O) groups is 1. The fourth-order valence-electron chi connectivity index (χ4n) is 3.03. The number of nitrogens with one attached hydrogen (secondary N) is 1. The first-order valence-electron chi connectivity index (χ1n) is 8.76. The standard InChI is InChI=1S/C19H26BrFN2O2/c1-5-9-23-16(10-13-7-8-14(20)11-15(13)21)17(19(24)25-6-2)18(22-23)12(3)4/h7-8,11-12,18,22H,5-6,9-10H2,1-4H3. The summed E-state index contributed by atoms with van der Waals surface area (Å²) in [5.74, 6) is -0.389. The average Bonchev–Trinajstić information content (AvgIpc) is 2.89. The molecule has 0 bridgehead atoms. The molecule has 0 spiro atoms. The van der Waals surface area contributed by atoms with Gasteiger partial charge in [-0.2, -0.15) is 0 Å². The van der Waals surface area contributed by atoms with Gasteiger partial charge < -0.3 is 9.75 Å². The lowest BCUT2D eigenvalue weighted by molar-refractivity contribution is -0.139. The minimum absolute atomic E-state index is 0.126. The van der Waals surface area contributed by atoms with Crippen molar-refractivity contribution in [1.82, 2.24) is 10.4 Å². The zero-order valence-corrected chi connectivity index (χ0v) is 16.8. The van der Waals surface area contributed by atoms with Crippen LogP contribution in [0.25, 0.3) is 0 Å². The minimum Gasteiger partial charge on any atom is -0.463 e. The largest absolute Gasteiger partial charge is 0.463 e. The molecule has 2 rings (SSSR count). The summed E-state index contributed by atoms with van der Waals surface area (Å²) in [6.07, 6.45) is 1.27. The monoisotopic (exact) mass is 412 g/mol. The van der Waals surface area contributed by atoms with Gasteiger partial charge in [-0.1, -0.05) is 42.8 Å². The molecule has 0 saturated carbocycles. The van der Waals surface area contributed by atoms with Crippen molar-refractivity contribution in [2.75, 3.05) is 13.2 Å². The number of allylic oxidation sites excluding steroid dienone is 1. The van der Waals surface area contributed by atoms with Crippen molar-refractivity contribution in [3.05, 3.63) is 45.3 Å². The number of nitrogens with zero attached hydrogens (tertiary/aromatic N) is 1. The van der Waals surface area contributed by atoms with E-state index in [0.29, 0.717) is 28.6 Å². The van der Waals surface area contributed by atoms with Gasteiger partial charge in [0.25, 0.3) is 0 Å². The molecule has 1 unspecified atom stereocenters. The van der Waals surface area contributed by atoms with Gasteiger partial charge >= 0.3 is 5.97 Å². The molecular formula is C19H26BrFN2O2. The van der Waals surface area contributed by atoms with E-state index in [4.69, 9.17) is 4.74 Å². The molecule has 1 atom stereocenters. The first kappa shape index (κ1) is 19.9. The van der Waals surface area contributed by atoms with Crippen molar-refractivity contribution in [2.45, 2.75) is 46.6 Å². The molecule has 6 heteroatoms. The van der Waals surface area contributed by atoms with Crippen molar-refractivity contribution < 1.29 is 13.9 Å². The van der Waals surface area contributed by atoms with Crippen molar-refractivity contribution in [3.63, 3.8) is 0 Å². The molecule has 0 aromatic heterocycles. The Labute approximate surface area is 157 Å². The zero-order valence-electron chi connectivity index (χ0n) is 15.2. The van der Waals surface area contributed by atoms with Crippen LogP contribution in [-0.2, 0) is 16.0 Å². The summed E-state index contributed by atoms with van der Waals surface area (Å²) in [4.78, 5) is 12.6. The quantitative estimate of drug-likeness (QED) is 0.681. The molecule has 4 nitrogen and oxygen atoms in total. The Morgan fingerprint density at radius 2 is 2.12 bits per heavy atom. The van der Waals surface area contributed by atoms with Crippen LogP contribution in [0.4, 0.5) is 4.39 Å². The second-order valence-corrected chi connectivity index (χ2v) is 7.41. The van der Waals surface area contributed by atoms with Crippen LogP contribution < -0.4 is 5.43 Å². The Morgan fingerprint density at radius 3 is 2.68 bits per heavy atom. The molecule has 0 aliphatic carbocycles. The van der Waals surface area contributed by atoms with Gasteiger partial charge in [0.05, 0.1) is 18.2 Å². The molecule has 0 amide bonds. The summed E-state index contributed by atoms with van der Waals surface area (Å²) in [6.45, 7) is 9.06. The lowest BCUT2D eigenvalue weighted by Gasteiger charge is -2.24. The smallest absolute Gasteiger partial charge is 0.337 e. The fourth-order valence-corrected chi connectivity index (χ4v) is 3.36. The highest BCUT2D eigenvalue weighted by Gasteiger charge is 2.37. The molecule has 1 heterocycles. The molecule has 0 fully saturated rings. The third kappa shape index (κ3) is 4.61. The second kappa shape index (κ2) is 8.81. The van der Waals surface area contributed by atoms with Gasteiger partial charge in [-0.3, -0.25) is 0 Å². The van der Waals surface area contributed by atoms with Crippen LogP contribution in [0, 0.1) is 11.7 Å².